The molecule has 0 fully saturated rings. The van der Waals surface area contributed by atoms with E-state index in [1.165, 1.54) is 161 Å². The van der Waals surface area contributed by atoms with Crippen molar-refractivity contribution < 1.29 is 19.1 Å². The van der Waals surface area contributed by atoms with E-state index in [4.69, 9.17) is 9.47 Å². The van der Waals surface area contributed by atoms with Crippen LogP contribution in [0, 0.1) is 5.92 Å². The molecule has 0 bridgehead atoms. The van der Waals surface area contributed by atoms with Gasteiger partial charge in [-0.1, -0.05) is 188 Å². The maximum Gasteiger partial charge on any atom is 0.305 e. The Morgan fingerprint density at radius 1 is 0.364 bits per heavy atom. The molecule has 0 amide bonds. The first-order chi connectivity index (χ1) is 21.6. The number of carbonyl (C=O) groups excluding carboxylic acids is 2. The van der Waals surface area contributed by atoms with Crippen LogP contribution in [0.1, 0.15) is 226 Å². The number of rotatable bonds is 36. The quantitative estimate of drug-likeness (QED) is 0.0515. The molecule has 0 aromatic rings. The normalized spacial score (nSPS) is 11.4. The lowest BCUT2D eigenvalue weighted by Gasteiger charge is -2.16. The van der Waals surface area contributed by atoms with E-state index in [0.717, 1.165) is 38.0 Å². The largest absolute Gasteiger partial charge is 0.466 e. The number of unbranched alkanes of at least 4 members (excludes halogenated alkanes) is 22. The van der Waals surface area contributed by atoms with Gasteiger partial charge in [0, 0.05) is 12.8 Å². The number of ether oxygens (including phenoxy) is 2. The second-order valence-electron chi connectivity index (χ2n) is 13.7. The van der Waals surface area contributed by atoms with Crippen molar-refractivity contribution in [3.8, 4) is 0 Å². The average molecular weight is 623 g/mol. The van der Waals surface area contributed by atoms with Crippen molar-refractivity contribution >= 4 is 11.9 Å². The molecule has 0 saturated carbocycles. The maximum absolute atomic E-state index is 12.0. The minimum Gasteiger partial charge on any atom is -0.466 e. The summed E-state index contributed by atoms with van der Waals surface area (Å²) in [5.74, 6) is 0.946. The smallest absolute Gasteiger partial charge is 0.305 e. The zero-order chi connectivity index (χ0) is 32.2. The van der Waals surface area contributed by atoms with Crippen LogP contribution < -0.4 is 0 Å². The fraction of sp³-hybridized carbons (Fsp3) is 0.950. The predicted molar refractivity (Wildman–Crippen MR) is 190 cm³/mol. The van der Waals surface area contributed by atoms with E-state index in [0.29, 0.717) is 26.1 Å². The van der Waals surface area contributed by atoms with Crippen molar-refractivity contribution in [2.24, 2.45) is 5.92 Å². The van der Waals surface area contributed by atoms with Gasteiger partial charge in [0.15, 0.2) is 0 Å². The Kier molecular flexibility index (Phi) is 35.5. The first-order valence-corrected chi connectivity index (χ1v) is 19.9. The average Bonchev–Trinajstić information content (AvgIpc) is 3.02. The molecule has 262 valence electrons. The topological polar surface area (TPSA) is 52.6 Å². The molecule has 0 aromatic carbocycles. The molecule has 44 heavy (non-hydrogen) atoms. The van der Waals surface area contributed by atoms with E-state index in [2.05, 4.69) is 20.8 Å². The van der Waals surface area contributed by atoms with Crippen LogP contribution in [0.15, 0.2) is 0 Å². The van der Waals surface area contributed by atoms with Crippen molar-refractivity contribution in [1.29, 1.82) is 0 Å². The lowest BCUT2D eigenvalue weighted by Crippen LogP contribution is -2.05. The summed E-state index contributed by atoms with van der Waals surface area (Å²) in [5.41, 5.74) is 0. The van der Waals surface area contributed by atoms with E-state index >= 15 is 0 Å². The van der Waals surface area contributed by atoms with Crippen molar-refractivity contribution in [2.45, 2.75) is 226 Å². The van der Waals surface area contributed by atoms with Crippen molar-refractivity contribution in [1.82, 2.24) is 0 Å². The van der Waals surface area contributed by atoms with Gasteiger partial charge in [0.2, 0.25) is 0 Å². The second-order valence-corrected chi connectivity index (χ2v) is 13.7. The summed E-state index contributed by atoms with van der Waals surface area (Å²) in [6.07, 6.45) is 39.1. The molecule has 0 aliphatic carbocycles. The molecule has 0 atom stereocenters. The summed E-state index contributed by atoms with van der Waals surface area (Å²) in [4.78, 5) is 23.8. The third kappa shape index (κ3) is 33.8. The van der Waals surface area contributed by atoms with E-state index in [1.54, 1.807) is 0 Å². The van der Waals surface area contributed by atoms with E-state index in [1.807, 2.05) is 0 Å². The summed E-state index contributed by atoms with van der Waals surface area (Å²) in [5, 5.41) is 0. The minimum atomic E-state index is -0.00917. The summed E-state index contributed by atoms with van der Waals surface area (Å²) in [7, 11) is 0. The summed E-state index contributed by atoms with van der Waals surface area (Å²) in [6.45, 7) is 8.02. The fourth-order valence-electron chi connectivity index (χ4n) is 6.22. The lowest BCUT2D eigenvalue weighted by molar-refractivity contribution is -0.144. The van der Waals surface area contributed by atoms with E-state index < -0.39 is 0 Å². The standard InChI is InChI=1S/C40H78O4/c1-4-7-10-19-27-34-39(41)43-36-29-22-16-14-12-11-13-15-17-23-30-37-44-40(42)35-28-21-18-20-26-33-38(31-24-8-5-2)32-25-9-6-3/h38H,4-37H2,1-3H3. The maximum atomic E-state index is 12.0. The predicted octanol–water partition coefficient (Wildman–Crippen LogP) is 13.2. The third-order valence-electron chi connectivity index (χ3n) is 9.22. The highest BCUT2D eigenvalue weighted by Crippen LogP contribution is 2.24. The minimum absolute atomic E-state index is 0.00730. The van der Waals surface area contributed by atoms with Gasteiger partial charge in [0.1, 0.15) is 0 Å². The van der Waals surface area contributed by atoms with Gasteiger partial charge in [-0.3, -0.25) is 9.59 Å². The van der Waals surface area contributed by atoms with Crippen LogP contribution in [0.2, 0.25) is 0 Å². The molecule has 0 N–H and O–H groups in total. The van der Waals surface area contributed by atoms with Crippen LogP contribution in [0.5, 0.6) is 0 Å². The first kappa shape index (κ1) is 42.9. The highest BCUT2D eigenvalue weighted by Gasteiger charge is 2.09. The van der Waals surface area contributed by atoms with Gasteiger partial charge >= 0.3 is 11.9 Å². The van der Waals surface area contributed by atoms with Crippen molar-refractivity contribution in [3.05, 3.63) is 0 Å². The van der Waals surface area contributed by atoms with Crippen LogP contribution in [-0.4, -0.2) is 25.2 Å². The van der Waals surface area contributed by atoms with E-state index in [9.17, 15) is 9.59 Å². The van der Waals surface area contributed by atoms with Gasteiger partial charge in [-0.15, -0.1) is 0 Å². The molecule has 0 spiro atoms. The van der Waals surface area contributed by atoms with Gasteiger partial charge in [0.05, 0.1) is 13.2 Å². The molecule has 0 aromatic heterocycles. The van der Waals surface area contributed by atoms with Crippen molar-refractivity contribution in [3.63, 3.8) is 0 Å². The Bertz CT molecular complexity index is 580. The molecule has 0 unspecified atom stereocenters. The van der Waals surface area contributed by atoms with E-state index in [-0.39, 0.29) is 11.9 Å². The molecule has 0 heterocycles. The highest BCUT2D eigenvalue weighted by atomic mass is 16.5. The number of carbonyl (C=O) groups is 2. The Labute approximate surface area is 276 Å². The summed E-state index contributed by atoms with van der Waals surface area (Å²) in [6, 6.07) is 0. The van der Waals surface area contributed by atoms with Gasteiger partial charge in [-0.2, -0.15) is 0 Å². The molecule has 0 rings (SSSR count). The molecule has 0 aliphatic rings. The Hall–Kier alpha value is -1.06. The molecule has 0 saturated heterocycles. The molecular formula is C40H78O4. The molecular weight excluding hydrogens is 544 g/mol. The van der Waals surface area contributed by atoms with Crippen LogP contribution in [-0.2, 0) is 19.1 Å². The highest BCUT2D eigenvalue weighted by molar-refractivity contribution is 5.69. The summed E-state index contributed by atoms with van der Waals surface area (Å²) < 4.78 is 10.8. The van der Waals surface area contributed by atoms with Crippen molar-refractivity contribution in [2.75, 3.05) is 13.2 Å². The van der Waals surface area contributed by atoms with Crippen LogP contribution in [0.3, 0.4) is 0 Å². The van der Waals surface area contributed by atoms with Crippen LogP contribution >= 0.6 is 0 Å². The molecule has 4 nitrogen and oxygen atoms in total. The Balaban J connectivity index is 3.39. The molecule has 0 aliphatic heterocycles. The fourth-order valence-corrected chi connectivity index (χ4v) is 6.22. The van der Waals surface area contributed by atoms with Crippen LogP contribution in [0.4, 0.5) is 0 Å². The monoisotopic (exact) mass is 623 g/mol. The summed E-state index contributed by atoms with van der Waals surface area (Å²) >= 11 is 0. The number of esters is 2. The zero-order valence-electron chi connectivity index (χ0n) is 30.3. The number of hydrogen-bond acceptors (Lipinski definition) is 4. The second kappa shape index (κ2) is 36.4. The van der Waals surface area contributed by atoms with Gasteiger partial charge in [0.25, 0.3) is 0 Å². The molecule has 4 heteroatoms. The SMILES string of the molecule is CCCCCCCC(=O)OCCCCCCCCCCCCCOC(=O)CCCCCCCC(CCCCC)CCCCC. The Morgan fingerprint density at radius 2 is 0.636 bits per heavy atom. The Morgan fingerprint density at radius 3 is 1.02 bits per heavy atom. The van der Waals surface area contributed by atoms with Gasteiger partial charge in [-0.05, 0) is 31.6 Å². The lowest BCUT2D eigenvalue weighted by atomic mass is 9.90. The first-order valence-electron chi connectivity index (χ1n) is 19.9. The van der Waals surface area contributed by atoms with Gasteiger partial charge < -0.3 is 9.47 Å². The number of hydrogen-bond donors (Lipinski definition) is 0. The van der Waals surface area contributed by atoms with Gasteiger partial charge in [-0.25, -0.2) is 0 Å². The zero-order valence-corrected chi connectivity index (χ0v) is 30.3. The third-order valence-corrected chi connectivity index (χ3v) is 9.22. The molecule has 0 radical (unpaired) electrons. The van der Waals surface area contributed by atoms with Crippen LogP contribution in [0.25, 0.3) is 0 Å².